The average Bonchev–Trinajstić information content (AvgIpc) is 2.79. The van der Waals surface area contributed by atoms with Crippen molar-refractivity contribution in [1.82, 2.24) is 0 Å². The van der Waals surface area contributed by atoms with E-state index in [9.17, 15) is 0 Å². The summed E-state index contributed by atoms with van der Waals surface area (Å²) in [5, 5.41) is 1.45. The second-order valence-corrected chi connectivity index (χ2v) is 34.1. The summed E-state index contributed by atoms with van der Waals surface area (Å²) in [4.78, 5) is 0. The molecule has 6 heteroatoms. The molecular weight excluding hydrogens is 672 g/mol. The molecule has 2 rings (SSSR count). The minimum atomic E-state index is -1.11. The molecule has 0 spiro atoms. The molecule has 0 aliphatic heterocycles. The van der Waals surface area contributed by atoms with Crippen molar-refractivity contribution in [3.63, 3.8) is 0 Å². The molecule has 0 aromatic heterocycles. The first-order valence-corrected chi connectivity index (χ1v) is 23.5. The van der Waals surface area contributed by atoms with Crippen LogP contribution in [0.1, 0.15) is 85.8 Å². The second-order valence-electron chi connectivity index (χ2n) is 11.7. The van der Waals surface area contributed by atoms with Crippen LogP contribution in [0.25, 0.3) is 0 Å². The van der Waals surface area contributed by atoms with Gasteiger partial charge in [-0.15, -0.1) is 0 Å². The van der Waals surface area contributed by atoms with Crippen LogP contribution >= 0.6 is 4.20 Å². The van der Waals surface area contributed by atoms with Crippen molar-refractivity contribution in [2.45, 2.75) is 108 Å². The van der Waals surface area contributed by atoms with Gasteiger partial charge in [-0.1, -0.05) is 0 Å². The number of rotatable bonds is 15. The Bertz CT molecular complexity index is 892. The van der Waals surface area contributed by atoms with Gasteiger partial charge in [-0.2, -0.15) is 0 Å². The third-order valence-corrected chi connectivity index (χ3v) is 26.2. The van der Waals surface area contributed by atoms with Crippen LogP contribution in [-0.4, -0.2) is 68.1 Å². The Morgan fingerprint density at radius 2 is 1.19 bits per heavy atom. The molecule has 0 N–H and O–H groups in total. The van der Waals surface area contributed by atoms with Crippen LogP contribution in [0.5, 0.6) is 11.5 Å². The van der Waals surface area contributed by atoms with E-state index in [4.69, 9.17) is 9.47 Å². The van der Waals surface area contributed by atoms with E-state index < -0.39 is 4.20 Å². The SMILES string of the molecule is CCCCC[Se]C(C)[Se]P(=[Se])(CCc1ccc(OC(C)(C)C)cc1)CCc1ccc(OC(C)(C)C)cc1. The Balaban J connectivity index is 2.04. The number of hydrogen-bond acceptors (Lipinski definition) is 2. The van der Waals surface area contributed by atoms with E-state index in [0.717, 1.165) is 43.0 Å². The third kappa shape index (κ3) is 14.8. The van der Waals surface area contributed by atoms with Gasteiger partial charge in [0, 0.05) is 0 Å². The number of aryl methyl sites for hydroxylation is 2. The van der Waals surface area contributed by atoms with Gasteiger partial charge >= 0.3 is 249 Å². The third-order valence-electron chi connectivity index (χ3n) is 5.62. The van der Waals surface area contributed by atoms with Crippen LogP contribution < -0.4 is 9.47 Å². The number of hydrogen-bond donors (Lipinski definition) is 0. The normalized spacial score (nSPS) is 13.4. The summed E-state index contributed by atoms with van der Waals surface area (Å²) >= 11 is 5.33. The average molecular weight is 722 g/mol. The van der Waals surface area contributed by atoms with E-state index in [2.05, 4.69) is 119 Å². The maximum atomic E-state index is 6.03. The van der Waals surface area contributed by atoms with Crippen LogP contribution in [0, 0.1) is 0 Å². The first-order chi connectivity index (χ1) is 17.3. The molecule has 2 nitrogen and oxygen atoms in total. The molecule has 37 heavy (non-hydrogen) atoms. The van der Waals surface area contributed by atoms with E-state index in [1.54, 1.807) is 0 Å². The predicted octanol–water partition coefficient (Wildman–Crippen LogP) is 8.63. The van der Waals surface area contributed by atoms with E-state index in [0.29, 0.717) is 14.5 Å². The summed E-state index contributed by atoms with van der Waals surface area (Å²) in [6.07, 6.45) is 9.08. The topological polar surface area (TPSA) is 18.5 Å². The van der Waals surface area contributed by atoms with Crippen molar-refractivity contribution in [3.05, 3.63) is 59.7 Å². The Hall–Kier alpha value is 0.0284. The Morgan fingerprint density at radius 1 is 0.757 bits per heavy atom. The van der Waals surface area contributed by atoms with Crippen LogP contribution in [0.15, 0.2) is 48.5 Å². The fourth-order valence-corrected chi connectivity index (χ4v) is 32.0. The van der Waals surface area contributed by atoms with Gasteiger partial charge in [-0.3, -0.25) is 0 Å². The Morgan fingerprint density at radius 3 is 1.57 bits per heavy atom. The summed E-state index contributed by atoms with van der Waals surface area (Å²) < 4.78 is 11.9. The second kappa shape index (κ2) is 15.7. The first kappa shape index (κ1) is 33.2. The fraction of sp³-hybridized carbons (Fsp3) is 0.613. The van der Waals surface area contributed by atoms with Gasteiger partial charge in [0.25, 0.3) is 0 Å². The van der Waals surface area contributed by atoms with E-state index >= 15 is 0 Å². The Labute approximate surface area is 248 Å². The van der Waals surface area contributed by atoms with Crippen molar-refractivity contribution >= 4 is 48.8 Å². The Kier molecular flexibility index (Phi) is 14.1. The number of unbranched alkanes of at least 4 members (excludes halogenated alkanes) is 2. The molecule has 208 valence electrons. The number of benzene rings is 2. The summed E-state index contributed by atoms with van der Waals surface area (Å²) in [5.74, 6) is 1.93. The van der Waals surface area contributed by atoms with Crippen molar-refractivity contribution in [3.8, 4) is 11.5 Å². The van der Waals surface area contributed by atoms with Gasteiger partial charge in [-0.25, -0.2) is 0 Å². The van der Waals surface area contributed by atoms with Crippen molar-refractivity contribution in [1.29, 1.82) is 0 Å². The van der Waals surface area contributed by atoms with Gasteiger partial charge in [0.2, 0.25) is 0 Å². The van der Waals surface area contributed by atoms with Gasteiger partial charge in [0.15, 0.2) is 0 Å². The molecule has 0 fully saturated rings. The van der Waals surface area contributed by atoms with Gasteiger partial charge in [-0.05, 0) is 0 Å². The molecule has 0 aliphatic carbocycles. The monoisotopic (exact) mass is 724 g/mol. The molecule has 2 aromatic carbocycles. The summed E-state index contributed by atoms with van der Waals surface area (Å²) in [7, 11) is 0. The molecule has 1 atom stereocenters. The molecule has 0 bridgehead atoms. The molecule has 0 radical (unpaired) electrons. The van der Waals surface area contributed by atoms with Crippen molar-refractivity contribution in [2.75, 3.05) is 12.3 Å². The van der Waals surface area contributed by atoms with Crippen LogP contribution in [0.4, 0.5) is 0 Å². The summed E-state index contributed by atoms with van der Waals surface area (Å²) in [6.45, 7) is 17.5. The minimum absolute atomic E-state index is 0.158. The molecule has 1 unspecified atom stereocenters. The van der Waals surface area contributed by atoms with E-state index in [1.807, 2.05) is 0 Å². The van der Waals surface area contributed by atoms with Crippen molar-refractivity contribution in [2.24, 2.45) is 0 Å². The summed E-state index contributed by atoms with van der Waals surface area (Å²) in [5.41, 5.74) is 2.55. The van der Waals surface area contributed by atoms with Gasteiger partial charge in [0.1, 0.15) is 0 Å². The predicted molar refractivity (Wildman–Crippen MR) is 169 cm³/mol. The van der Waals surface area contributed by atoms with Crippen LogP contribution in [0.2, 0.25) is 9.03 Å². The number of ether oxygens (including phenoxy) is 2. The van der Waals surface area contributed by atoms with Crippen LogP contribution in [0.3, 0.4) is 0 Å². The van der Waals surface area contributed by atoms with E-state index in [-0.39, 0.29) is 11.2 Å². The molecular formula is C31H49O2PSe3. The zero-order chi connectivity index (χ0) is 27.5. The molecule has 0 heterocycles. The standard InChI is InChI=1S/C31H49O2PSe3/c1-9-10-11-24-36-25(2)37-34(35,22-20-26-12-16-28(17-13-26)32-30(3,4)5)23-21-27-14-18-29(19-15-27)33-31(6,7)8/h12-19,25H,9-11,20-24H2,1-8H3. The van der Waals surface area contributed by atoms with E-state index in [1.165, 1.54) is 48.0 Å². The zero-order valence-corrected chi connectivity index (χ0v) is 30.4. The maximum absolute atomic E-state index is 6.03. The fourth-order valence-electron chi connectivity index (χ4n) is 3.87. The zero-order valence-electron chi connectivity index (χ0n) is 24.3. The van der Waals surface area contributed by atoms with Crippen LogP contribution in [-0.2, 0) is 12.8 Å². The first-order valence-electron chi connectivity index (χ1n) is 13.7. The van der Waals surface area contributed by atoms with Gasteiger partial charge < -0.3 is 0 Å². The summed E-state index contributed by atoms with van der Waals surface area (Å²) in [6, 6.07) is 17.7. The molecule has 0 saturated carbocycles. The van der Waals surface area contributed by atoms with Gasteiger partial charge in [0.05, 0.1) is 0 Å². The molecule has 2 aromatic rings. The van der Waals surface area contributed by atoms with Crippen molar-refractivity contribution < 1.29 is 9.47 Å². The quantitative estimate of drug-likeness (QED) is 0.104. The molecule has 0 aliphatic rings. The molecule has 0 saturated heterocycles. The molecule has 0 amide bonds.